The number of carbonyl (C=O) groups is 1. The molecule has 1 atom stereocenters. The Labute approximate surface area is 179 Å². The number of carbonyl (C=O) groups excluding carboxylic acids is 1. The van der Waals surface area contributed by atoms with Crippen LogP contribution in [0, 0.1) is 18.7 Å². The van der Waals surface area contributed by atoms with Gasteiger partial charge < -0.3 is 9.84 Å². The van der Waals surface area contributed by atoms with Crippen molar-refractivity contribution in [2.24, 2.45) is 5.92 Å². The van der Waals surface area contributed by atoms with Gasteiger partial charge in [-0.2, -0.15) is 4.98 Å². The topological polar surface area (TPSA) is 71.3 Å². The molecule has 1 N–H and O–H groups in total. The molecule has 6 nitrogen and oxygen atoms in total. The minimum atomic E-state index is -0.511. The molecule has 2 heterocycles. The van der Waals surface area contributed by atoms with E-state index < -0.39 is 5.82 Å². The zero-order valence-corrected chi connectivity index (χ0v) is 17.3. The molecular weight excluding hydrogens is 407 g/mol. The Morgan fingerprint density at radius 1 is 1.30 bits per heavy atom. The van der Waals surface area contributed by atoms with E-state index in [0.29, 0.717) is 30.5 Å². The van der Waals surface area contributed by atoms with Gasteiger partial charge in [0.05, 0.1) is 17.5 Å². The van der Waals surface area contributed by atoms with Gasteiger partial charge in [0, 0.05) is 17.8 Å². The Kier molecular flexibility index (Phi) is 6.11. The highest BCUT2D eigenvalue weighted by molar-refractivity contribution is 6.31. The van der Waals surface area contributed by atoms with Crippen LogP contribution in [0.25, 0.3) is 11.4 Å². The van der Waals surface area contributed by atoms with Gasteiger partial charge in [-0.05, 0) is 44.5 Å². The minimum Gasteiger partial charge on any atom is -0.338 e. The maximum atomic E-state index is 13.3. The first-order valence-electron chi connectivity index (χ1n) is 9.86. The van der Waals surface area contributed by atoms with Crippen LogP contribution in [0.2, 0.25) is 5.02 Å². The van der Waals surface area contributed by atoms with Crippen molar-refractivity contribution in [2.75, 3.05) is 18.4 Å². The third-order valence-corrected chi connectivity index (χ3v) is 5.49. The van der Waals surface area contributed by atoms with Crippen LogP contribution in [0.3, 0.4) is 0 Å². The number of hydrogen-bond acceptors (Lipinski definition) is 5. The van der Waals surface area contributed by atoms with Crippen molar-refractivity contribution in [3.05, 3.63) is 64.8 Å². The SMILES string of the molecule is Cc1ccc(-c2noc(CN3CCCC(C(=O)Nc4ccc(F)c(Cl)c4)C3)n2)cc1. The molecular formula is C22H22ClFN4O2. The van der Waals surface area contributed by atoms with Crippen LogP contribution in [0.4, 0.5) is 10.1 Å². The molecule has 2 aromatic carbocycles. The van der Waals surface area contributed by atoms with Crippen molar-refractivity contribution in [2.45, 2.75) is 26.3 Å². The lowest BCUT2D eigenvalue weighted by molar-refractivity contribution is -0.121. The van der Waals surface area contributed by atoms with Crippen molar-refractivity contribution in [3.8, 4) is 11.4 Å². The van der Waals surface area contributed by atoms with Gasteiger partial charge in [0.15, 0.2) is 0 Å². The first-order valence-corrected chi connectivity index (χ1v) is 10.2. The molecule has 1 aliphatic heterocycles. The summed E-state index contributed by atoms with van der Waals surface area (Å²) in [4.78, 5) is 19.3. The molecule has 8 heteroatoms. The number of piperidine rings is 1. The van der Waals surface area contributed by atoms with Gasteiger partial charge in [-0.15, -0.1) is 0 Å². The van der Waals surface area contributed by atoms with E-state index in [1.807, 2.05) is 31.2 Å². The first-order chi connectivity index (χ1) is 14.5. The highest BCUT2D eigenvalue weighted by atomic mass is 35.5. The summed E-state index contributed by atoms with van der Waals surface area (Å²) in [6, 6.07) is 12.1. The second-order valence-electron chi connectivity index (χ2n) is 7.57. The van der Waals surface area contributed by atoms with Crippen molar-refractivity contribution in [1.82, 2.24) is 15.0 Å². The number of amides is 1. The molecule has 0 saturated carbocycles. The smallest absolute Gasteiger partial charge is 0.241 e. The molecule has 1 saturated heterocycles. The number of anilines is 1. The van der Waals surface area contributed by atoms with Crippen molar-refractivity contribution in [1.29, 1.82) is 0 Å². The standard InChI is InChI=1S/C22H22ClFN4O2/c1-14-4-6-15(7-5-14)21-26-20(30-27-21)13-28-10-2-3-16(12-28)22(29)25-17-8-9-19(24)18(23)11-17/h4-9,11,16H,2-3,10,12-13H2,1H3,(H,25,29). The van der Waals surface area contributed by atoms with E-state index in [1.54, 1.807) is 0 Å². The van der Waals surface area contributed by atoms with Crippen molar-refractivity contribution < 1.29 is 13.7 Å². The Hall–Kier alpha value is -2.77. The summed E-state index contributed by atoms with van der Waals surface area (Å²) in [6.07, 6.45) is 1.68. The Bertz CT molecular complexity index is 1040. The number of aryl methyl sites for hydroxylation is 1. The van der Waals surface area contributed by atoms with Gasteiger partial charge in [0.2, 0.25) is 17.6 Å². The fourth-order valence-electron chi connectivity index (χ4n) is 3.56. The minimum absolute atomic E-state index is 0.0150. The van der Waals surface area contributed by atoms with Gasteiger partial charge in [-0.25, -0.2) is 4.39 Å². The van der Waals surface area contributed by atoms with E-state index in [1.165, 1.54) is 23.8 Å². The van der Waals surface area contributed by atoms with Gasteiger partial charge in [-0.3, -0.25) is 9.69 Å². The Morgan fingerprint density at radius 3 is 2.87 bits per heavy atom. The summed E-state index contributed by atoms with van der Waals surface area (Å²) in [6.45, 7) is 3.96. The zero-order chi connectivity index (χ0) is 21.1. The molecule has 1 unspecified atom stereocenters. The predicted octanol–water partition coefficient (Wildman–Crippen LogP) is 4.69. The molecule has 0 bridgehead atoms. The second kappa shape index (κ2) is 8.93. The third-order valence-electron chi connectivity index (χ3n) is 5.20. The van der Waals surface area contributed by atoms with Crippen LogP contribution in [0.1, 0.15) is 24.3 Å². The molecule has 1 aromatic heterocycles. The zero-order valence-electron chi connectivity index (χ0n) is 16.6. The Balaban J connectivity index is 1.36. The molecule has 30 heavy (non-hydrogen) atoms. The number of hydrogen-bond donors (Lipinski definition) is 1. The Morgan fingerprint density at radius 2 is 2.10 bits per heavy atom. The van der Waals surface area contributed by atoms with Crippen LogP contribution >= 0.6 is 11.6 Å². The maximum absolute atomic E-state index is 13.3. The largest absolute Gasteiger partial charge is 0.338 e. The van der Waals surface area contributed by atoms with Crippen LogP contribution in [-0.4, -0.2) is 34.0 Å². The summed E-state index contributed by atoms with van der Waals surface area (Å²) >= 11 is 5.79. The maximum Gasteiger partial charge on any atom is 0.241 e. The molecule has 4 rings (SSSR count). The van der Waals surface area contributed by atoms with Crippen LogP contribution < -0.4 is 5.32 Å². The molecule has 1 amide bonds. The lowest BCUT2D eigenvalue weighted by Crippen LogP contribution is -2.40. The lowest BCUT2D eigenvalue weighted by Gasteiger charge is -2.30. The number of nitrogens with one attached hydrogen (secondary N) is 1. The molecule has 0 aliphatic carbocycles. The van der Waals surface area contributed by atoms with Crippen LogP contribution in [0.15, 0.2) is 47.0 Å². The van der Waals surface area contributed by atoms with Gasteiger partial charge in [-0.1, -0.05) is 46.6 Å². The number of aromatic nitrogens is 2. The summed E-state index contributed by atoms with van der Waals surface area (Å²) in [5.41, 5.74) is 2.57. The molecule has 0 spiro atoms. The third kappa shape index (κ3) is 4.86. The highest BCUT2D eigenvalue weighted by Gasteiger charge is 2.27. The van der Waals surface area contributed by atoms with E-state index in [2.05, 4.69) is 20.4 Å². The predicted molar refractivity (Wildman–Crippen MR) is 113 cm³/mol. The highest BCUT2D eigenvalue weighted by Crippen LogP contribution is 2.23. The molecule has 3 aromatic rings. The van der Waals surface area contributed by atoms with Gasteiger partial charge >= 0.3 is 0 Å². The summed E-state index contributed by atoms with van der Waals surface area (Å²) in [7, 11) is 0. The summed E-state index contributed by atoms with van der Waals surface area (Å²) < 4.78 is 18.7. The monoisotopic (exact) mass is 428 g/mol. The van der Waals surface area contributed by atoms with Gasteiger partial charge in [0.1, 0.15) is 5.82 Å². The van der Waals surface area contributed by atoms with Crippen LogP contribution in [-0.2, 0) is 11.3 Å². The van der Waals surface area contributed by atoms with Crippen molar-refractivity contribution >= 4 is 23.2 Å². The average molecular weight is 429 g/mol. The fraction of sp³-hybridized carbons (Fsp3) is 0.318. The van der Waals surface area contributed by atoms with Gasteiger partial charge in [0.25, 0.3) is 0 Å². The van der Waals surface area contributed by atoms with Crippen LogP contribution in [0.5, 0.6) is 0 Å². The average Bonchev–Trinajstić information content (AvgIpc) is 3.20. The number of benzene rings is 2. The number of rotatable bonds is 5. The summed E-state index contributed by atoms with van der Waals surface area (Å²) in [5.74, 6) is 0.292. The lowest BCUT2D eigenvalue weighted by atomic mass is 9.97. The summed E-state index contributed by atoms with van der Waals surface area (Å²) in [5, 5.41) is 6.88. The first kappa shape index (κ1) is 20.5. The van der Waals surface area contributed by atoms with E-state index in [-0.39, 0.29) is 16.8 Å². The second-order valence-corrected chi connectivity index (χ2v) is 7.98. The van der Waals surface area contributed by atoms with E-state index in [9.17, 15) is 9.18 Å². The normalized spacial score (nSPS) is 17.1. The van der Waals surface area contributed by atoms with E-state index >= 15 is 0 Å². The fourth-order valence-corrected chi connectivity index (χ4v) is 3.74. The molecule has 1 fully saturated rings. The van der Waals surface area contributed by atoms with E-state index in [4.69, 9.17) is 16.1 Å². The van der Waals surface area contributed by atoms with Crippen molar-refractivity contribution in [3.63, 3.8) is 0 Å². The number of nitrogens with zero attached hydrogens (tertiary/aromatic N) is 3. The molecule has 156 valence electrons. The van der Waals surface area contributed by atoms with E-state index in [0.717, 1.165) is 24.9 Å². The quantitative estimate of drug-likeness (QED) is 0.638. The number of likely N-dealkylation sites (tertiary alicyclic amines) is 1. The molecule has 0 radical (unpaired) electrons. The number of halogens is 2. The molecule has 1 aliphatic rings.